The molecule has 106 valence electrons. The van der Waals surface area contributed by atoms with Gasteiger partial charge in [-0.3, -0.25) is 0 Å². The summed E-state index contributed by atoms with van der Waals surface area (Å²) < 4.78 is 11.3. The van der Waals surface area contributed by atoms with Crippen molar-refractivity contribution in [1.29, 1.82) is 0 Å². The smallest absolute Gasteiger partial charge is 0.407 e. The second-order valence-electron chi connectivity index (χ2n) is 5.04. The second-order valence-corrected chi connectivity index (χ2v) is 6.20. The van der Waals surface area contributed by atoms with Crippen LogP contribution in [-0.4, -0.2) is 18.8 Å². The molecular formula is C13H19IN2O3. The number of ether oxygens (including phenoxy) is 2. The predicted molar refractivity (Wildman–Crippen MR) is 83.2 cm³/mol. The molecular weight excluding hydrogens is 359 g/mol. The van der Waals surface area contributed by atoms with E-state index in [2.05, 4.69) is 27.9 Å². The number of halogens is 1. The largest absolute Gasteiger partial charge is 0.496 e. The number of carbonyl (C=O) groups is 1. The minimum absolute atomic E-state index is 0.328. The van der Waals surface area contributed by atoms with E-state index in [1.807, 2.05) is 26.8 Å². The minimum Gasteiger partial charge on any atom is -0.496 e. The third kappa shape index (κ3) is 5.14. The van der Waals surface area contributed by atoms with Crippen molar-refractivity contribution in [1.82, 2.24) is 5.32 Å². The summed E-state index contributed by atoms with van der Waals surface area (Å²) in [6.45, 7) is 5.78. The van der Waals surface area contributed by atoms with Crippen molar-refractivity contribution < 1.29 is 14.3 Å². The average Bonchev–Trinajstić information content (AvgIpc) is 2.28. The number of nitrogen functional groups attached to an aromatic ring is 1. The fourth-order valence-corrected chi connectivity index (χ4v) is 1.95. The maximum Gasteiger partial charge on any atom is 0.407 e. The van der Waals surface area contributed by atoms with Crippen molar-refractivity contribution in [2.45, 2.75) is 32.9 Å². The van der Waals surface area contributed by atoms with Gasteiger partial charge in [-0.1, -0.05) is 0 Å². The van der Waals surface area contributed by atoms with Crippen molar-refractivity contribution in [3.05, 3.63) is 21.3 Å². The SMILES string of the molecule is COc1cc(N)c(I)cc1CNC(=O)OC(C)(C)C. The molecule has 0 atom stereocenters. The van der Waals surface area contributed by atoms with Gasteiger partial charge in [0.25, 0.3) is 0 Å². The summed E-state index contributed by atoms with van der Waals surface area (Å²) in [5.74, 6) is 0.647. The first-order valence-corrected chi connectivity index (χ1v) is 6.89. The fraction of sp³-hybridized carbons (Fsp3) is 0.462. The normalized spacial score (nSPS) is 11.0. The van der Waals surface area contributed by atoms with Crippen molar-refractivity contribution in [3.63, 3.8) is 0 Å². The Labute approximate surface area is 127 Å². The van der Waals surface area contributed by atoms with Gasteiger partial charge in [-0.15, -0.1) is 0 Å². The Morgan fingerprint density at radius 3 is 2.58 bits per heavy atom. The number of hydrogen-bond acceptors (Lipinski definition) is 4. The molecule has 0 saturated heterocycles. The Morgan fingerprint density at radius 1 is 1.42 bits per heavy atom. The van der Waals surface area contributed by atoms with Gasteiger partial charge in [-0.2, -0.15) is 0 Å². The molecule has 1 aromatic carbocycles. The Morgan fingerprint density at radius 2 is 2.05 bits per heavy atom. The number of amides is 1. The van der Waals surface area contributed by atoms with E-state index in [9.17, 15) is 4.79 Å². The summed E-state index contributed by atoms with van der Waals surface area (Å²) in [5, 5.41) is 2.69. The number of rotatable bonds is 3. The molecule has 0 aromatic heterocycles. The summed E-state index contributed by atoms with van der Waals surface area (Å²) >= 11 is 2.14. The molecule has 0 unspecified atom stereocenters. The first-order chi connectivity index (χ1) is 8.73. The predicted octanol–water partition coefficient (Wildman–Crippen LogP) is 2.91. The van der Waals surface area contributed by atoms with Crippen LogP contribution in [0, 0.1) is 3.57 Å². The van der Waals surface area contributed by atoms with Gasteiger partial charge in [0, 0.05) is 27.4 Å². The highest BCUT2D eigenvalue weighted by atomic mass is 127. The number of benzene rings is 1. The van der Waals surface area contributed by atoms with Gasteiger partial charge >= 0.3 is 6.09 Å². The molecule has 0 spiro atoms. The Bertz CT molecular complexity index is 470. The number of carbonyl (C=O) groups excluding carboxylic acids is 1. The third-order valence-corrected chi connectivity index (χ3v) is 3.16. The lowest BCUT2D eigenvalue weighted by molar-refractivity contribution is 0.0523. The summed E-state index contributed by atoms with van der Waals surface area (Å²) in [6, 6.07) is 3.62. The molecule has 1 rings (SSSR count). The number of anilines is 1. The molecule has 0 heterocycles. The number of hydrogen-bond donors (Lipinski definition) is 2. The highest BCUT2D eigenvalue weighted by Gasteiger charge is 2.16. The maximum atomic E-state index is 11.6. The van der Waals surface area contributed by atoms with Gasteiger partial charge in [0.15, 0.2) is 0 Å². The highest BCUT2D eigenvalue weighted by Crippen LogP contribution is 2.26. The minimum atomic E-state index is -0.510. The lowest BCUT2D eigenvalue weighted by Crippen LogP contribution is -2.32. The molecule has 0 saturated carbocycles. The Balaban J connectivity index is 2.72. The van der Waals surface area contributed by atoms with Crippen LogP contribution in [-0.2, 0) is 11.3 Å². The standard InChI is InChI=1S/C13H19IN2O3/c1-13(2,3)19-12(17)16-7-8-5-9(14)10(15)6-11(8)18-4/h5-6H,7,15H2,1-4H3,(H,16,17). The van der Waals surface area contributed by atoms with Crippen molar-refractivity contribution in [3.8, 4) is 5.75 Å². The molecule has 0 radical (unpaired) electrons. The summed E-state index contributed by atoms with van der Waals surface area (Å²) in [5.41, 5.74) is 6.80. The van der Waals surface area contributed by atoms with Crippen molar-refractivity contribution in [2.24, 2.45) is 0 Å². The van der Waals surface area contributed by atoms with E-state index < -0.39 is 11.7 Å². The molecule has 0 aliphatic rings. The van der Waals surface area contributed by atoms with Gasteiger partial charge in [-0.05, 0) is 49.4 Å². The van der Waals surface area contributed by atoms with Crippen molar-refractivity contribution >= 4 is 34.4 Å². The zero-order valence-electron chi connectivity index (χ0n) is 11.5. The Hall–Kier alpha value is -1.18. The molecule has 1 amide bonds. The van der Waals surface area contributed by atoms with E-state index in [0.717, 1.165) is 9.13 Å². The van der Waals surface area contributed by atoms with E-state index in [1.54, 1.807) is 13.2 Å². The highest BCUT2D eigenvalue weighted by molar-refractivity contribution is 14.1. The maximum absolute atomic E-state index is 11.6. The molecule has 19 heavy (non-hydrogen) atoms. The van der Waals surface area contributed by atoms with Crippen LogP contribution in [0.3, 0.4) is 0 Å². The molecule has 0 fully saturated rings. The second kappa shape index (κ2) is 6.31. The first kappa shape index (κ1) is 15.9. The topological polar surface area (TPSA) is 73.6 Å². The number of methoxy groups -OCH3 is 1. The van der Waals surface area contributed by atoms with E-state index in [-0.39, 0.29) is 0 Å². The molecule has 0 aliphatic carbocycles. The van der Waals surface area contributed by atoms with Crippen LogP contribution in [0.15, 0.2) is 12.1 Å². The zero-order valence-corrected chi connectivity index (χ0v) is 13.7. The van der Waals surface area contributed by atoms with E-state index >= 15 is 0 Å². The summed E-state index contributed by atoms with van der Waals surface area (Å²) in [6.07, 6.45) is -0.457. The molecule has 6 heteroatoms. The average molecular weight is 378 g/mol. The van der Waals surface area contributed by atoms with Gasteiger partial charge in [0.05, 0.1) is 7.11 Å². The Kier molecular flexibility index (Phi) is 5.28. The molecule has 5 nitrogen and oxygen atoms in total. The monoisotopic (exact) mass is 378 g/mol. The zero-order chi connectivity index (χ0) is 14.6. The van der Waals surface area contributed by atoms with E-state index in [0.29, 0.717) is 18.0 Å². The third-order valence-electron chi connectivity index (χ3n) is 2.22. The van der Waals surface area contributed by atoms with Crippen LogP contribution in [0.4, 0.5) is 10.5 Å². The molecule has 0 aliphatic heterocycles. The molecule has 0 bridgehead atoms. The summed E-state index contributed by atoms with van der Waals surface area (Å²) in [4.78, 5) is 11.6. The number of nitrogens with one attached hydrogen (secondary N) is 1. The van der Waals surface area contributed by atoms with Crippen LogP contribution in [0.1, 0.15) is 26.3 Å². The van der Waals surface area contributed by atoms with E-state index in [4.69, 9.17) is 15.2 Å². The fourth-order valence-electron chi connectivity index (χ4n) is 1.42. The van der Waals surface area contributed by atoms with E-state index in [1.165, 1.54) is 0 Å². The van der Waals surface area contributed by atoms with Crippen LogP contribution in [0.5, 0.6) is 5.75 Å². The number of alkyl carbamates (subject to hydrolysis) is 1. The van der Waals surface area contributed by atoms with Crippen molar-refractivity contribution in [2.75, 3.05) is 12.8 Å². The quantitative estimate of drug-likeness (QED) is 0.627. The van der Waals surface area contributed by atoms with Gasteiger partial charge in [0.1, 0.15) is 11.4 Å². The van der Waals surface area contributed by atoms with Gasteiger partial charge in [-0.25, -0.2) is 4.79 Å². The lowest BCUT2D eigenvalue weighted by Gasteiger charge is -2.20. The summed E-state index contributed by atoms with van der Waals surface area (Å²) in [7, 11) is 1.57. The number of nitrogens with two attached hydrogens (primary N) is 1. The lowest BCUT2D eigenvalue weighted by atomic mass is 10.2. The first-order valence-electron chi connectivity index (χ1n) is 5.81. The van der Waals surface area contributed by atoms with Crippen LogP contribution in [0.2, 0.25) is 0 Å². The van der Waals surface area contributed by atoms with Crippen LogP contribution >= 0.6 is 22.6 Å². The van der Waals surface area contributed by atoms with Crippen LogP contribution in [0.25, 0.3) is 0 Å². The molecule has 3 N–H and O–H groups in total. The molecule has 1 aromatic rings. The van der Waals surface area contributed by atoms with Gasteiger partial charge < -0.3 is 20.5 Å². The van der Waals surface area contributed by atoms with Crippen LogP contribution < -0.4 is 15.8 Å². The van der Waals surface area contributed by atoms with Gasteiger partial charge in [0.2, 0.25) is 0 Å².